The minimum atomic E-state index is -0.349. The van der Waals surface area contributed by atoms with Crippen LogP contribution in [0.5, 0.6) is 5.75 Å². The van der Waals surface area contributed by atoms with Crippen LogP contribution in [0.1, 0.15) is 11.6 Å². The van der Waals surface area contributed by atoms with Gasteiger partial charge in [0.05, 0.1) is 26.2 Å². The van der Waals surface area contributed by atoms with Crippen LogP contribution in [0.4, 0.5) is 15.8 Å². The quantitative estimate of drug-likeness (QED) is 0.611. The first kappa shape index (κ1) is 19.9. The average Bonchev–Trinajstić information content (AvgIpc) is 2.77. The Balaban J connectivity index is 1.50. The van der Waals surface area contributed by atoms with Crippen LogP contribution in [0.2, 0.25) is 0 Å². The smallest absolute Gasteiger partial charge is 0.287 e. The number of piperazine rings is 1. The van der Waals surface area contributed by atoms with Crippen molar-refractivity contribution in [3.8, 4) is 5.75 Å². The zero-order valence-electron chi connectivity index (χ0n) is 16.6. The van der Waals surface area contributed by atoms with E-state index in [1.54, 1.807) is 24.3 Å². The number of nitrogens with one attached hydrogen (secondary N) is 2. The molecule has 0 radical (unpaired) electrons. The lowest BCUT2D eigenvalue weighted by molar-refractivity contribution is -0.922. The fraction of sp³-hybridized carbons (Fsp3) is 0.208. The van der Waals surface area contributed by atoms with Gasteiger partial charge in [0.15, 0.2) is 6.04 Å². The molecule has 5 nitrogen and oxygen atoms in total. The minimum Gasteiger partial charge on any atom is -0.508 e. The Morgan fingerprint density at radius 1 is 0.933 bits per heavy atom. The molecule has 1 heterocycles. The van der Waals surface area contributed by atoms with Crippen molar-refractivity contribution >= 4 is 17.3 Å². The summed E-state index contributed by atoms with van der Waals surface area (Å²) >= 11 is 0. The number of amides is 1. The Morgan fingerprint density at radius 3 is 2.20 bits per heavy atom. The topological polar surface area (TPSA) is 57.0 Å². The minimum absolute atomic E-state index is 0.0964. The standard InChI is InChI=1S/C24H24FN3O2/c25-19-6-8-20(9-7-19)26-24(30)23(18-4-2-1-3-5-18)28-16-14-27(15-17-28)21-10-12-22(29)13-11-21/h1-13,23,29H,14-17H2,(H,26,30)/p+1/t23-/m0/s1. The van der Waals surface area contributed by atoms with Crippen molar-refractivity contribution < 1.29 is 19.2 Å². The molecule has 6 heteroatoms. The Morgan fingerprint density at radius 2 is 1.57 bits per heavy atom. The Hall–Kier alpha value is -3.38. The first-order valence-corrected chi connectivity index (χ1v) is 10.1. The van der Waals surface area contributed by atoms with E-state index in [1.165, 1.54) is 17.0 Å². The molecule has 30 heavy (non-hydrogen) atoms. The van der Waals surface area contributed by atoms with Gasteiger partial charge in [-0.05, 0) is 48.5 Å². The molecule has 154 valence electrons. The summed E-state index contributed by atoms with van der Waals surface area (Å²) in [5.41, 5.74) is 2.62. The number of rotatable bonds is 5. The van der Waals surface area contributed by atoms with E-state index >= 15 is 0 Å². The summed E-state index contributed by atoms with van der Waals surface area (Å²) in [5.74, 6) is -0.172. The second kappa shape index (κ2) is 8.97. The number of hydrogen-bond acceptors (Lipinski definition) is 3. The lowest BCUT2D eigenvalue weighted by Gasteiger charge is -2.37. The van der Waals surface area contributed by atoms with Crippen LogP contribution < -0.4 is 15.1 Å². The highest BCUT2D eigenvalue weighted by atomic mass is 19.1. The predicted octanol–water partition coefficient (Wildman–Crippen LogP) is 2.62. The van der Waals surface area contributed by atoms with Crippen molar-refractivity contribution in [1.82, 2.24) is 0 Å². The van der Waals surface area contributed by atoms with Crippen molar-refractivity contribution in [3.05, 3.63) is 90.2 Å². The van der Waals surface area contributed by atoms with Crippen molar-refractivity contribution in [2.75, 3.05) is 36.4 Å². The Bertz CT molecular complexity index is 970. The van der Waals surface area contributed by atoms with E-state index in [9.17, 15) is 14.3 Å². The van der Waals surface area contributed by atoms with E-state index in [-0.39, 0.29) is 23.5 Å². The van der Waals surface area contributed by atoms with Crippen molar-refractivity contribution in [3.63, 3.8) is 0 Å². The molecule has 1 atom stereocenters. The van der Waals surface area contributed by atoms with Gasteiger partial charge in [-0.3, -0.25) is 4.79 Å². The molecule has 3 N–H and O–H groups in total. The molecular weight excluding hydrogens is 381 g/mol. The SMILES string of the molecule is O=C(Nc1ccc(F)cc1)[C@H](c1ccccc1)[NH+]1CCN(c2ccc(O)cc2)CC1. The van der Waals surface area contributed by atoms with Gasteiger partial charge in [-0.2, -0.15) is 0 Å². The molecule has 1 aliphatic heterocycles. The summed E-state index contributed by atoms with van der Waals surface area (Å²) in [7, 11) is 0. The Kier molecular flexibility index (Phi) is 5.95. The van der Waals surface area contributed by atoms with E-state index in [2.05, 4.69) is 10.2 Å². The highest BCUT2D eigenvalue weighted by Crippen LogP contribution is 2.19. The number of benzene rings is 3. The molecule has 0 saturated carbocycles. The van der Waals surface area contributed by atoms with E-state index < -0.39 is 0 Å². The normalized spacial score (nSPS) is 15.6. The zero-order valence-corrected chi connectivity index (χ0v) is 16.6. The fourth-order valence-corrected chi connectivity index (χ4v) is 3.97. The van der Waals surface area contributed by atoms with Gasteiger partial charge < -0.3 is 20.2 Å². The maximum atomic E-state index is 13.2. The number of carbonyl (C=O) groups is 1. The predicted molar refractivity (Wildman–Crippen MR) is 115 cm³/mol. The van der Waals surface area contributed by atoms with Gasteiger partial charge in [-0.1, -0.05) is 30.3 Å². The zero-order chi connectivity index (χ0) is 20.9. The maximum absolute atomic E-state index is 13.2. The third-order valence-corrected chi connectivity index (χ3v) is 5.54. The van der Waals surface area contributed by atoms with Crippen molar-refractivity contribution in [1.29, 1.82) is 0 Å². The van der Waals surface area contributed by atoms with Crippen molar-refractivity contribution in [2.24, 2.45) is 0 Å². The number of anilines is 2. The molecule has 1 aliphatic rings. The highest BCUT2D eigenvalue weighted by molar-refractivity contribution is 5.94. The van der Waals surface area contributed by atoms with Crippen molar-refractivity contribution in [2.45, 2.75) is 6.04 Å². The Labute approximate surface area is 175 Å². The summed E-state index contributed by atoms with van der Waals surface area (Å²) in [6.45, 7) is 3.23. The summed E-state index contributed by atoms with van der Waals surface area (Å²) in [6, 6.07) is 22.5. The van der Waals surface area contributed by atoms with Crippen LogP contribution in [-0.2, 0) is 4.79 Å². The molecule has 1 amide bonds. The number of phenolic OH excluding ortho intramolecular Hbond substituents is 1. The van der Waals surface area contributed by atoms with Gasteiger partial charge in [-0.15, -0.1) is 0 Å². The highest BCUT2D eigenvalue weighted by Gasteiger charge is 2.34. The molecule has 0 unspecified atom stereocenters. The van der Waals surface area contributed by atoms with Crippen LogP contribution >= 0.6 is 0 Å². The molecule has 0 bridgehead atoms. The average molecular weight is 406 g/mol. The summed E-state index contributed by atoms with van der Waals surface area (Å²) in [4.78, 5) is 16.7. The second-order valence-corrected chi connectivity index (χ2v) is 7.50. The largest absolute Gasteiger partial charge is 0.508 e. The molecule has 3 aromatic rings. The van der Waals surface area contributed by atoms with Crippen LogP contribution in [0.25, 0.3) is 0 Å². The van der Waals surface area contributed by atoms with Gasteiger partial charge in [0.1, 0.15) is 11.6 Å². The molecule has 0 aliphatic carbocycles. The number of halogens is 1. The summed E-state index contributed by atoms with van der Waals surface area (Å²) in [6.07, 6.45) is 0. The van der Waals surface area contributed by atoms with Crippen LogP contribution in [0.15, 0.2) is 78.9 Å². The monoisotopic (exact) mass is 406 g/mol. The summed E-state index contributed by atoms with van der Waals surface area (Å²) < 4.78 is 13.2. The van der Waals surface area contributed by atoms with Gasteiger partial charge >= 0.3 is 0 Å². The molecule has 1 saturated heterocycles. The van der Waals surface area contributed by atoms with E-state index in [1.807, 2.05) is 42.5 Å². The molecule has 4 rings (SSSR count). The molecular formula is C24H25FN3O2+. The first-order chi connectivity index (χ1) is 14.6. The van der Waals surface area contributed by atoms with E-state index in [0.717, 1.165) is 37.4 Å². The number of hydrogen-bond donors (Lipinski definition) is 3. The fourth-order valence-electron chi connectivity index (χ4n) is 3.97. The van der Waals surface area contributed by atoms with Crippen LogP contribution in [-0.4, -0.2) is 37.2 Å². The van der Waals surface area contributed by atoms with Gasteiger partial charge in [0.25, 0.3) is 5.91 Å². The second-order valence-electron chi connectivity index (χ2n) is 7.50. The van der Waals surface area contributed by atoms with Gasteiger partial charge in [0, 0.05) is 16.9 Å². The molecule has 1 fully saturated rings. The van der Waals surface area contributed by atoms with Crippen LogP contribution in [0, 0.1) is 5.82 Å². The number of nitrogens with zero attached hydrogens (tertiary/aromatic N) is 1. The lowest BCUT2D eigenvalue weighted by atomic mass is 10.0. The number of quaternary nitrogens is 1. The van der Waals surface area contributed by atoms with Gasteiger partial charge in [-0.25, -0.2) is 4.39 Å². The van der Waals surface area contributed by atoms with E-state index in [4.69, 9.17) is 0 Å². The lowest BCUT2D eigenvalue weighted by Crippen LogP contribution is -3.16. The maximum Gasteiger partial charge on any atom is 0.287 e. The third-order valence-electron chi connectivity index (χ3n) is 5.54. The molecule has 3 aromatic carbocycles. The molecule has 0 spiro atoms. The van der Waals surface area contributed by atoms with E-state index in [0.29, 0.717) is 5.69 Å². The summed E-state index contributed by atoms with van der Waals surface area (Å²) in [5, 5.41) is 12.5. The number of carbonyl (C=O) groups excluding carboxylic acids is 1. The molecule has 0 aromatic heterocycles. The van der Waals surface area contributed by atoms with Crippen LogP contribution in [0.3, 0.4) is 0 Å². The van der Waals surface area contributed by atoms with Gasteiger partial charge in [0.2, 0.25) is 0 Å². The first-order valence-electron chi connectivity index (χ1n) is 10.1. The third kappa shape index (κ3) is 4.60. The number of aromatic hydroxyl groups is 1. The number of phenols is 1.